The zero-order valence-corrected chi connectivity index (χ0v) is 11.8. The number of anilines is 2. The van der Waals surface area contributed by atoms with E-state index in [4.69, 9.17) is 0 Å². The Balaban J connectivity index is 2.25. The van der Waals surface area contributed by atoms with Gasteiger partial charge < -0.3 is 5.32 Å². The molecule has 0 aliphatic rings. The van der Waals surface area contributed by atoms with Gasteiger partial charge in [0, 0.05) is 15.5 Å². The number of pyridine rings is 1. The molecule has 0 amide bonds. The first-order chi connectivity index (χ1) is 8.10. The SMILES string of the molecule is CCc1nc(Nc2ncc(Br)cc2F)sc1C. The molecule has 90 valence electrons. The minimum Gasteiger partial charge on any atom is -0.314 e. The lowest BCUT2D eigenvalue weighted by atomic mass is 10.3. The van der Waals surface area contributed by atoms with Crippen LogP contribution in [0.4, 0.5) is 15.3 Å². The largest absolute Gasteiger partial charge is 0.314 e. The molecule has 1 N–H and O–H groups in total. The Kier molecular flexibility index (Phi) is 3.73. The molecule has 0 aliphatic heterocycles. The average molecular weight is 316 g/mol. The fraction of sp³-hybridized carbons (Fsp3) is 0.273. The number of halogens is 2. The maximum atomic E-state index is 13.5. The highest BCUT2D eigenvalue weighted by Gasteiger charge is 2.09. The second-order valence-electron chi connectivity index (χ2n) is 3.48. The molecule has 0 spiro atoms. The van der Waals surface area contributed by atoms with E-state index in [0.717, 1.165) is 17.0 Å². The summed E-state index contributed by atoms with van der Waals surface area (Å²) in [6, 6.07) is 1.37. The van der Waals surface area contributed by atoms with Crippen molar-refractivity contribution in [3.63, 3.8) is 0 Å². The van der Waals surface area contributed by atoms with Gasteiger partial charge in [0.2, 0.25) is 0 Å². The molecule has 0 atom stereocenters. The van der Waals surface area contributed by atoms with E-state index in [2.05, 4.69) is 31.2 Å². The summed E-state index contributed by atoms with van der Waals surface area (Å²) in [7, 11) is 0. The summed E-state index contributed by atoms with van der Waals surface area (Å²) in [5, 5.41) is 3.57. The second kappa shape index (κ2) is 5.10. The van der Waals surface area contributed by atoms with Crippen molar-refractivity contribution in [2.75, 3.05) is 5.32 Å². The first kappa shape index (κ1) is 12.4. The molecule has 2 aromatic rings. The fourth-order valence-electron chi connectivity index (χ4n) is 1.42. The van der Waals surface area contributed by atoms with E-state index >= 15 is 0 Å². The van der Waals surface area contributed by atoms with Crippen molar-refractivity contribution >= 4 is 38.2 Å². The van der Waals surface area contributed by atoms with Crippen LogP contribution < -0.4 is 5.32 Å². The standard InChI is InChI=1S/C11H11BrFN3S/c1-3-9-6(2)17-11(15-9)16-10-8(13)4-7(12)5-14-10/h4-5H,3H2,1-2H3,(H,14,15,16). The lowest BCUT2D eigenvalue weighted by Crippen LogP contribution is -1.96. The Labute approximate surface area is 111 Å². The average Bonchev–Trinajstić information content (AvgIpc) is 2.63. The predicted molar refractivity (Wildman–Crippen MR) is 71.4 cm³/mol. The van der Waals surface area contributed by atoms with Gasteiger partial charge in [-0.2, -0.15) is 0 Å². The Morgan fingerprint density at radius 3 is 2.88 bits per heavy atom. The molecule has 0 aromatic carbocycles. The van der Waals surface area contributed by atoms with Crippen LogP contribution in [0.2, 0.25) is 0 Å². The molecular formula is C11H11BrFN3S. The minimum absolute atomic E-state index is 0.199. The second-order valence-corrected chi connectivity index (χ2v) is 5.60. The number of nitrogens with one attached hydrogen (secondary N) is 1. The van der Waals surface area contributed by atoms with Crippen molar-refractivity contribution < 1.29 is 4.39 Å². The lowest BCUT2D eigenvalue weighted by Gasteiger charge is -2.02. The molecule has 0 unspecified atom stereocenters. The number of rotatable bonds is 3. The van der Waals surface area contributed by atoms with Gasteiger partial charge >= 0.3 is 0 Å². The van der Waals surface area contributed by atoms with Crippen LogP contribution in [0, 0.1) is 12.7 Å². The van der Waals surface area contributed by atoms with E-state index < -0.39 is 5.82 Å². The molecule has 2 rings (SSSR count). The third-order valence-corrected chi connectivity index (χ3v) is 3.62. The Morgan fingerprint density at radius 2 is 2.29 bits per heavy atom. The molecule has 2 aromatic heterocycles. The summed E-state index contributed by atoms with van der Waals surface area (Å²) in [5.74, 6) is -0.199. The van der Waals surface area contributed by atoms with Crippen molar-refractivity contribution in [3.05, 3.63) is 33.1 Å². The fourth-order valence-corrected chi connectivity index (χ4v) is 2.62. The molecule has 0 aliphatic carbocycles. The zero-order valence-electron chi connectivity index (χ0n) is 9.42. The number of nitrogens with zero attached hydrogens (tertiary/aromatic N) is 2. The third kappa shape index (κ3) is 2.81. The van der Waals surface area contributed by atoms with Gasteiger partial charge in [0.05, 0.1) is 5.69 Å². The van der Waals surface area contributed by atoms with Crippen LogP contribution in [0.5, 0.6) is 0 Å². The first-order valence-electron chi connectivity index (χ1n) is 5.14. The van der Waals surface area contributed by atoms with Gasteiger partial charge in [0.25, 0.3) is 0 Å². The summed E-state index contributed by atoms with van der Waals surface area (Å²) in [5.41, 5.74) is 1.04. The summed E-state index contributed by atoms with van der Waals surface area (Å²) in [4.78, 5) is 9.49. The van der Waals surface area contributed by atoms with Crippen LogP contribution in [-0.4, -0.2) is 9.97 Å². The van der Waals surface area contributed by atoms with E-state index in [1.54, 1.807) is 6.20 Å². The molecule has 0 radical (unpaired) electrons. The Morgan fingerprint density at radius 1 is 1.53 bits per heavy atom. The molecule has 2 heterocycles. The Bertz CT molecular complexity index is 542. The normalized spacial score (nSPS) is 10.6. The zero-order chi connectivity index (χ0) is 12.4. The summed E-state index contributed by atoms with van der Waals surface area (Å²) in [6.07, 6.45) is 2.42. The van der Waals surface area contributed by atoms with Gasteiger partial charge in [0.1, 0.15) is 0 Å². The van der Waals surface area contributed by atoms with Gasteiger partial charge in [-0.25, -0.2) is 14.4 Å². The molecule has 0 saturated carbocycles. The van der Waals surface area contributed by atoms with Crippen LogP contribution in [0.15, 0.2) is 16.7 Å². The van der Waals surface area contributed by atoms with Crippen molar-refractivity contribution in [1.82, 2.24) is 9.97 Å². The van der Waals surface area contributed by atoms with E-state index in [0.29, 0.717) is 9.60 Å². The minimum atomic E-state index is -0.398. The van der Waals surface area contributed by atoms with Crippen LogP contribution in [0.25, 0.3) is 0 Å². The maximum absolute atomic E-state index is 13.5. The van der Waals surface area contributed by atoms with Crippen LogP contribution in [0.1, 0.15) is 17.5 Å². The maximum Gasteiger partial charge on any atom is 0.188 e. The summed E-state index contributed by atoms with van der Waals surface area (Å²) < 4.78 is 14.2. The summed E-state index contributed by atoms with van der Waals surface area (Å²) >= 11 is 4.67. The predicted octanol–water partition coefficient (Wildman–Crippen LogP) is 4.05. The van der Waals surface area contributed by atoms with Crippen LogP contribution in [0.3, 0.4) is 0 Å². The Hall–Kier alpha value is -1.01. The van der Waals surface area contributed by atoms with Gasteiger partial charge in [-0.1, -0.05) is 6.92 Å². The smallest absolute Gasteiger partial charge is 0.188 e. The highest BCUT2D eigenvalue weighted by Crippen LogP contribution is 2.26. The number of thiazole rings is 1. The van der Waals surface area contributed by atoms with E-state index in [1.807, 2.05) is 13.8 Å². The van der Waals surface area contributed by atoms with Gasteiger partial charge in [0.15, 0.2) is 16.8 Å². The number of hydrogen-bond donors (Lipinski definition) is 1. The highest BCUT2D eigenvalue weighted by atomic mass is 79.9. The van der Waals surface area contributed by atoms with Gasteiger partial charge in [-0.3, -0.25) is 0 Å². The van der Waals surface area contributed by atoms with Gasteiger partial charge in [-0.05, 0) is 35.3 Å². The van der Waals surface area contributed by atoms with Crippen molar-refractivity contribution in [3.8, 4) is 0 Å². The van der Waals surface area contributed by atoms with Crippen LogP contribution >= 0.6 is 27.3 Å². The molecular weight excluding hydrogens is 305 g/mol. The van der Waals surface area contributed by atoms with Crippen molar-refractivity contribution in [2.45, 2.75) is 20.3 Å². The third-order valence-electron chi connectivity index (χ3n) is 2.26. The molecule has 17 heavy (non-hydrogen) atoms. The van der Waals surface area contributed by atoms with Crippen molar-refractivity contribution in [1.29, 1.82) is 0 Å². The molecule has 0 bridgehead atoms. The molecule has 3 nitrogen and oxygen atoms in total. The van der Waals surface area contributed by atoms with E-state index in [1.165, 1.54) is 17.4 Å². The quantitative estimate of drug-likeness (QED) is 0.928. The topological polar surface area (TPSA) is 37.8 Å². The lowest BCUT2D eigenvalue weighted by molar-refractivity contribution is 0.625. The number of hydrogen-bond acceptors (Lipinski definition) is 4. The van der Waals surface area contributed by atoms with Crippen LogP contribution in [-0.2, 0) is 6.42 Å². The van der Waals surface area contributed by atoms with E-state index in [-0.39, 0.29) is 5.82 Å². The summed E-state index contributed by atoms with van der Waals surface area (Å²) in [6.45, 7) is 4.05. The molecule has 6 heteroatoms. The van der Waals surface area contributed by atoms with Gasteiger partial charge in [-0.15, -0.1) is 11.3 Å². The highest BCUT2D eigenvalue weighted by molar-refractivity contribution is 9.10. The first-order valence-corrected chi connectivity index (χ1v) is 6.75. The van der Waals surface area contributed by atoms with Crippen molar-refractivity contribution in [2.24, 2.45) is 0 Å². The molecule has 0 fully saturated rings. The monoisotopic (exact) mass is 315 g/mol. The number of aryl methyl sites for hydroxylation is 2. The van der Waals surface area contributed by atoms with E-state index in [9.17, 15) is 4.39 Å². The molecule has 0 saturated heterocycles. The number of aromatic nitrogens is 2.